The summed E-state index contributed by atoms with van der Waals surface area (Å²) in [5.74, 6) is -0.361. The average molecular weight is 248 g/mol. The first-order valence-electron chi connectivity index (χ1n) is 3.15. The minimum absolute atomic E-state index is 0.247. The molecule has 2 nitrogen and oxygen atoms in total. The van der Waals surface area contributed by atoms with E-state index in [1.54, 1.807) is 6.07 Å². The highest BCUT2D eigenvalue weighted by atomic mass is 79.9. The summed E-state index contributed by atoms with van der Waals surface area (Å²) in [4.78, 5) is 3.02. The van der Waals surface area contributed by atoms with Crippen molar-refractivity contribution in [3.63, 3.8) is 0 Å². The van der Waals surface area contributed by atoms with E-state index in [0.29, 0.717) is 15.6 Å². The minimum Gasteiger partial charge on any atom is -0.428 e. The van der Waals surface area contributed by atoms with E-state index in [0.717, 1.165) is 0 Å². The fourth-order valence-corrected chi connectivity index (χ4v) is 1.58. The average Bonchev–Trinajstić information content (AvgIpc) is 2.39. The first-order valence-corrected chi connectivity index (χ1v) is 4.35. The monoisotopic (exact) mass is 247 g/mol. The summed E-state index contributed by atoms with van der Waals surface area (Å²) in [7, 11) is 0. The second kappa shape index (κ2) is 2.67. The lowest BCUT2D eigenvalue weighted by Crippen LogP contribution is -1.76. The third-order valence-electron chi connectivity index (χ3n) is 1.48. The summed E-state index contributed by atoms with van der Waals surface area (Å²) in [5.41, 5.74) is 1.10. The quantitative estimate of drug-likeness (QED) is 0.724. The number of nitrogens with one attached hydrogen (secondary N) is 1. The predicted molar refractivity (Wildman–Crippen MR) is 49.1 cm³/mol. The molecule has 0 radical (unpaired) electrons. The molecular formula is C7H3BrFNOS. The minimum atomic E-state index is -0.361. The molecule has 0 aliphatic rings. The Morgan fingerprint density at radius 1 is 1.50 bits per heavy atom. The zero-order chi connectivity index (χ0) is 8.72. The normalized spacial score (nSPS) is 10.8. The number of oxazole rings is 1. The molecule has 0 bridgehead atoms. The summed E-state index contributed by atoms with van der Waals surface area (Å²) in [6, 6.07) is 2.92. The molecule has 1 aromatic heterocycles. The van der Waals surface area contributed by atoms with E-state index in [4.69, 9.17) is 16.6 Å². The number of aromatic amines is 1. The van der Waals surface area contributed by atoms with Crippen LogP contribution in [0.5, 0.6) is 0 Å². The molecule has 0 unspecified atom stereocenters. The third kappa shape index (κ3) is 1.09. The lowest BCUT2D eigenvalue weighted by molar-refractivity contribution is 0.571. The van der Waals surface area contributed by atoms with Gasteiger partial charge in [0.05, 0.1) is 9.99 Å². The fourth-order valence-electron chi connectivity index (χ4n) is 0.958. The topological polar surface area (TPSA) is 28.9 Å². The van der Waals surface area contributed by atoms with E-state index in [2.05, 4.69) is 20.9 Å². The third-order valence-corrected chi connectivity index (χ3v) is 2.41. The molecule has 62 valence electrons. The molecule has 5 heteroatoms. The number of H-pyrrole nitrogens is 1. The number of aromatic nitrogens is 1. The van der Waals surface area contributed by atoms with E-state index in [9.17, 15) is 4.39 Å². The smallest absolute Gasteiger partial charge is 0.266 e. The Morgan fingerprint density at radius 3 is 3.00 bits per heavy atom. The molecule has 12 heavy (non-hydrogen) atoms. The highest BCUT2D eigenvalue weighted by Gasteiger charge is 2.07. The molecule has 1 aromatic carbocycles. The maximum absolute atomic E-state index is 12.9. The number of hydrogen-bond donors (Lipinski definition) is 1. The van der Waals surface area contributed by atoms with Crippen LogP contribution in [0.15, 0.2) is 21.0 Å². The van der Waals surface area contributed by atoms with Crippen molar-refractivity contribution in [2.75, 3.05) is 0 Å². The summed E-state index contributed by atoms with van der Waals surface area (Å²) in [6.07, 6.45) is 0. The molecule has 0 saturated heterocycles. The second-order valence-electron chi connectivity index (χ2n) is 2.25. The molecule has 0 saturated carbocycles. The van der Waals surface area contributed by atoms with E-state index < -0.39 is 0 Å². The molecule has 0 aliphatic carbocycles. The van der Waals surface area contributed by atoms with Crippen LogP contribution in [-0.2, 0) is 0 Å². The summed E-state index contributed by atoms with van der Waals surface area (Å²) in [5, 5.41) is 0. The van der Waals surface area contributed by atoms with Gasteiger partial charge in [-0.25, -0.2) is 4.39 Å². The van der Waals surface area contributed by atoms with Crippen molar-refractivity contribution in [1.82, 2.24) is 4.98 Å². The Bertz CT molecular complexity index is 490. The molecule has 2 rings (SSSR count). The van der Waals surface area contributed by atoms with Crippen LogP contribution in [0.25, 0.3) is 11.1 Å². The zero-order valence-corrected chi connectivity index (χ0v) is 8.13. The zero-order valence-electron chi connectivity index (χ0n) is 5.73. The summed E-state index contributed by atoms with van der Waals surface area (Å²) >= 11 is 7.81. The van der Waals surface area contributed by atoms with Crippen molar-refractivity contribution in [3.05, 3.63) is 27.3 Å². The van der Waals surface area contributed by atoms with Crippen LogP contribution in [0.4, 0.5) is 4.39 Å². The molecule has 2 aromatic rings. The van der Waals surface area contributed by atoms with Gasteiger partial charge in [0.25, 0.3) is 4.84 Å². The van der Waals surface area contributed by atoms with Gasteiger partial charge in [0, 0.05) is 0 Å². The van der Waals surface area contributed by atoms with E-state index in [1.165, 1.54) is 6.07 Å². The van der Waals surface area contributed by atoms with Crippen LogP contribution in [0.2, 0.25) is 0 Å². The van der Waals surface area contributed by atoms with Gasteiger partial charge < -0.3 is 9.40 Å². The van der Waals surface area contributed by atoms with Crippen molar-refractivity contribution >= 4 is 39.2 Å². The number of fused-ring (bicyclic) bond motifs is 1. The molecular weight excluding hydrogens is 245 g/mol. The lowest BCUT2D eigenvalue weighted by Gasteiger charge is -1.92. The Kier molecular flexibility index (Phi) is 1.77. The van der Waals surface area contributed by atoms with Crippen LogP contribution >= 0.6 is 28.1 Å². The molecule has 1 N–H and O–H groups in total. The van der Waals surface area contributed by atoms with Gasteiger partial charge in [-0.2, -0.15) is 0 Å². The van der Waals surface area contributed by atoms with E-state index in [-0.39, 0.29) is 10.7 Å². The van der Waals surface area contributed by atoms with Crippen molar-refractivity contribution in [1.29, 1.82) is 0 Å². The molecule has 0 fully saturated rings. The molecule has 0 aliphatic heterocycles. The van der Waals surface area contributed by atoms with Crippen LogP contribution < -0.4 is 0 Å². The molecule has 0 amide bonds. The van der Waals surface area contributed by atoms with Gasteiger partial charge in [0.2, 0.25) is 0 Å². The lowest BCUT2D eigenvalue weighted by atomic mass is 10.3. The van der Waals surface area contributed by atoms with Gasteiger partial charge in [0.15, 0.2) is 5.58 Å². The first-order chi connectivity index (χ1) is 5.68. The van der Waals surface area contributed by atoms with Gasteiger partial charge >= 0.3 is 0 Å². The van der Waals surface area contributed by atoms with Gasteiger partial charge in [-0.05, 0) is 40.3 Å². The van der Waals surface area contributed by atoms with Crippen molar-refractivity contribution in [3.8, 4) is 0 Å². The van der Waals surface area contributed by atoms with Gasteiger partial charge in [-0.15, -0.1) is 0 Å². The van der Waals surface area contributed by atoms with Crippen LogP contribution in [0.3, 0.4) is 0 Å². The van der Waals surface area contributed by atoms with Crippen molar-refractivity contribution in [2.24, 2.45) is 0 Å². The summed E-state index contributed by atoms with van der Waals surface area (Å²) < 4.78 is 18.3. The molecule has 0 atom stereocenters. The Morgan fingerprint density at radius 2 is 2.25 bits per heavy atom. The second-order valence-corrected chi connectivity index (χ2v) is 3.42. The van der Waals surface area contributed by atoms with E-state index in [1.807, 2.05) is 0 Å². The maximum atomic E-state index is 12.9. The Balaban J connectivity index is 2.99. The van der Waals surface area contributed by atoms with Crippen LogP contribution in [0, 0.1) is 10.7 Å². The predicted octanol–water partition coefficient (Wildman–Crippen LogP) is 3.39. The Labute approximate surface area is 80.5 Å². The number of benzene rings is 1. The molecule has 0 spiro atoms. The van der Waals surface area contributed by atoms with Crippen LogP contribution in [0.1, 0.15) is 0 Å². The van der Waals surface area contributed by atoms with Gasteiger partial charge in [0.1, 0.15) is 5.82 Å². The number of hydrogen-bond acceptors (Lipinski definition) is 2. The maximum Gasteiger partial charge on any atom is 0.266 e. The van der Waals surface area contributed by atoms with Crippen molar-refractivity contribution < 1.29 is 8.81 Å². The Hall–Kier alpha value is -0.680. The fraction of sp³-hybridized carbons (Fsp3) is 0. The largest absolute Gasteiger partial charge is 0.428 e. The standard InChI is InChI=1S/C7H3BrFNOS/c8-5-3(9)1-2-4-6(5)11-7(12)10-4/h1-2H,(H,10,12). The number of halogens is 2. The highest BCUT2D eigenvalue weighted by Crippen LogP contribution is 2.26. The highest BCUT2D eigenvalue weighted by molar-refractivity contribution is 9.10. The van der Waals surface area contributed by atoms with Crippen molar-refractivity contribution in [2.45, 2.75) is 0 Å². The van der Waals surface area contributed by atoms with E-state index >= 15 is 0 Å². The SMILES string of the molecule is Fc1ccc2[nH]c(=S)oc2c1Br. The number of rotatable bonds is 0. The van der Waals surface area contributed by atoms with Crippen LogP contribution in [-0.4, -0.2) is 4.98 Å². The van der Waals surface area contributed by atoms with Gasteiger partial charge in [-0.1, -0.05) is 0 Å². The first kappa shape index (κ1) is 7.94. The van der Waals surface area contributed by atoms with Gasteiger partial charge in [-0.3, -0.25) is 0 Å². The summed E-state index contributed by atoms with van der Waals surface area (Å²) in [6.45, 7) is 0. The molecule has 1 heterocycles.